The summed E-state index contributed by atoms with van der Waals surface area (Å²) in [5.41, 5.74) is 3.45. The molecule has 1 aliphatic heterocycles. The number of amidine groups is 1. The Hall–Kier alpha value is -2.89. The number of tetrazole rings is 1. The molecule has 0 spiro atoms. The van der Waals surface area contributed by atoms with Crippen LogP contribution in [0.4, 0.5) is 0 Å². The molecule has 1 unspecified atom stereocenters. The number of halogens is 1. The average Bonchev–Trinajstić information content (AvgIpc) is 3.53. The van der Waals surface area contributed by atoms with Crippen LogP contribution in [0.5, 0.6) is 0 Å². The molecule has 0 fully saturated rings. The molecule has 1 aromatic heterocycles. The summed E-state index contributed by atoms with van der Waals surface area (Å²) in [6, 6.07) is 15.6. The standard InChI is InChI=1S/C27H29ClN6O4.Na.H/c1-3-5-10-22-29-25(28)24(27(36)37)34(22,16-15-23(35)38-4-2)17-18-11-13-19(14-12-18)20-8-6-7-9-21(20)26-30-32-33-31-26;;/h6-9,11-14H,3-5,10,15-17H2,1-2H3,(H-,30,31,32,33,36,37);;. The number of hydrogen-bond donors (Lipinski definition) is 1. The maximum absolute atomic E-state index is 12.3. The van der Waals surface area contributed by atoms with E-state index >= 15 is 0 Å². The molecular weight excluding hydrogens is 531 g/mol. The van der Waals surface area contributed by atoms with Gasteiger partial charge in [0.25, 0.3) is 0 Å². The topological polar surface area (TPSA) is 133 Å². The molecule has 0 radical (unpaired) electrons. The summed E-state index contributed by atoms with van der Waals surface area (Å²) in [5, 5.41) is 26.4. The van der Waals surface area contributed by atoms with Crippen LogP contribution in [0.2, 0.25) is 0 Å². The van der Waals surface area contributed by atoms with Gasteiger partial charge in [-0.1, -0.05) is 73.5 Å². The number of unbranched alkanes of at least 4 members (excludes halogenated alkanes) is 1. The summed E-state index contributed by atoms with van der Waals surface area (Å²) >= 11 is 6.37. The predicted octanol–water partition coefficient (Wildman–Crippen LogP) is 2.92. The summed E-state index contributed by atoms with van der Waals surface area (Å²) in [5.74, 6) is -0.650. The number of ether oxygens (including phenoxy) is 1. The van der Waals surface area contributed by atoms with E-state index in [1.54, 1.807) is 6.92 Å². The van der Waals surface area contributed by atoms with E-state index in [1.165, 1.54) is 0 Å². The van der Waals surface area contributed by atoms with E-state index in [0.29, 0.717) is 18.1 Å². The number of nitrogens with one attached hydrogen (secondary N) is 1. The van der Waals surface area contributed by atoms with Gasteiger partial charge in [-0.3, -0.25) is 4.79 Å². The Morgan fingerprint density at radius 1 is 1.08 bits per heavy atom. The zero-order valence-electron chi connectivity index (χ0n) is 21.3. The van der Waals surface area contributed by atoms with Crippen LogP contribution in [0.3, 0.4) is 0 Å². The predicted molar refractivity (Wildman–Crippen MR) is 147 cm³/mol. The second kappa shape index (κ2) is 14.0. The second-order valence-corrected chi connectivity index (χ2v) is 9.31. The first-order valence-corrected chi connectivity index (χ1v) is 12.9. The number of benzene rings is 2. The molecule has 1 atom stereocenters. The van der Waals surface area contributed by atoms with Crippen molar-refractivity contribution in [3.05, 3.63) is 64.9 Å². The molecule has 39 heavy (non-hydrogen) atoms. The van der Waals surface area contributed by atoms with Gasteiger partial charge in [0, 0.05) is 17.5 Å². The van der Waals surface area contributed by atoms with Gasteiger partial charge in [0.05, 0.1) is 13.0 Å². The van der Waals surface area contributed by atoms with Crippen LogP contribution in [0.25, 0.3) is 22.5 Å². The molecule has 1 aliphatic rings. The first-order valence-electron chi connectivity index (χ1n) is 12.5. The molecule has 0 aliphatic carbocycles. The first kappa shape index (κ1) is 30.6. The molecule has 12 heteroatoms. The van der Waals surface area contributed by atoms with Crippen molar-refractivity contribution in [1.82, 2.24) is 20.6 Å². The van der Waals surface area contributed by atoms with Crippen LogP contribution in [0.15, 0.2) is 64.4 Å². The third-order valence-corrected chi connectivity index (χ3v) is 6.80. The van der Waals surface area contributed by atoms with E-state index in [4.69, 9.17) is 16.3 Å². The quantitative estimate of drug-likeness (QED) is 0.156. The van der Waals surface area contributed by atoms with Crippen molar-refractivity contribution in [3.63, 3.8) is 0 Å². The number of aliphatic carboxylic acids is 1. The van der Waals surface area contributed by atoms with Gasteiger partial charge < -0.3 is 14.6 Å². The van der Waals surface area contributed by atoms with Crippen LogP contribution in [0.1, 0.15) is 45.1 Å². The van der Waals surface area contributed by atoms with Gasteiger partial charge in [-0.05, 0) is 34.9 Å². The van der Waals surface area contributed by atoms with Crippen molar-refractivity contribution in [2.75, 3.05) is 13.2 Å². The van der Waals surface area contributed by atoms with Crippen LogP contribution >= 0.6 is 11.6 Å². The van der Waals surface area contributed by atoms with Crippen LogP contribution in [0, 0.1) is 0 Å². The van der Waals surface area contributed by atoms with E-state index in [0.717, 1.165) is 35.1 Å². The normalized spacial score (nSPS) is 16.5. The number of carboxylic acids is 1. The summed E-state index contributed by atoms with van der Waals surface area (Å²) < 4.78 is 4.94. The van der Waals surface area contributed by atoms with Gasteiger partial charge in [-0.25, -0.2) is 9.58 Å². The van der Waals surface area contributed by atoms with Crippen molar-refractivity contribution in [2.45, 2.75) is 46.1 Å². The molecule has 200 valence electrons. The second-order valence-electron chi connectivity index (χ2n) is 8.96. The van der Waals surface area contributed by atoms with Crippen LogP contribution < -0.4 is 5.11 Å². The Morgan fingerprint density at radius 3 is 2.41 bits per heavy atom. The van der Waals surface area contributed by atoms with Crippen LogP contribution in [-0.2, 0) is 20.9 Å². The van der Waals surface area contributed by atoms with Crippen molar-refractivity contribution in [2.24, 2.45) is 4.99 Å². The number of aromatic amines is 1. The van der Waals surface area contributed by atoms with Gasteiger partial charge in [-0.2, -0.15) is 4.99 Å². The SMILES string of the molecule is CCCCC1=NC(Cl)=C(C(=O)[O-])[N+]1(CCC(=O)OCC)Cc1ccc(-c2ccccc2-c2nnn[nH]2)cc1.[NaH]. The Labute approximate surface area is 254 Å². The Balaban J connectivity index is 0.00000420. The summed E-state index contributed by atoms with van der Waals surface area (Å²) in [7, 11) is 0. The van der Waals surface area contributed by atoms with Gasteiger partial charge in [0.15, 0.2) is 16.7 Å². The van der Waals surface area contributed by atoms with Crippen molar-refractivity contribution in [1.29, 1.82) is 0 Å². The first-order chi connectivity index (χ1) is 18.4. The monoisotopic (exact) mass is 560 g/mol. The van der Waals surface area contributed by atoms with E-state index in [1.807, 2.05) is 55.5 Å². The number of nitrogens with zero attached hydrogens (tertiary/aromatic N) is 5. The molecule has 0 bridgehead atoms. The molecule has 1 N–H and O–H groups in total. The van der Waals surface area contributed by atoms with Gasteiger partial charge in [0.2, 0.25) is 5.84 Å². The number of esters is 1. The number of quaternary nitrogens is 1. The molecule has 2 heterocycles. The number of H-pyrrole nitrogens is 1. The number of carboxylic acid groups (broad SMARTS) is 1. The van der Waals surface area contributed by atoms with Gasteiger partial charge in [0.1, 0.15) is 19.1 Å². The number of hydrogen-bond acceptors (Lipinski definition) is 8. The van der Waals surface area contributed by atoms with Gasteiger partial charge in [-0.15, -0.1) is 5.10 Å². The molecular formula is C27H30ClN6NaO4. The molecule has 10 nitrogen and oxygen atoms in total. The fraction of sp³-hybridized carbons (Fsp3) is 0.333. The zero-order valence-corrected chi connectivity index (χ0v) is 22.1. The zero-order chi connectivity index (χ0) is 27.1. The van der Waals surface area contributed by atoms with Crippen molar-refractivity contribution < 1.29 is 23.9 Å². The average molecular weight is 561 g/mol. The third-order valence-electron chi connectivity index (χ3n) is 6.54. The van der Waals surface area contributed by atoms with E-state index in [-0.39, 0.29) is 71.0 Å². The summed E-state index contributed by atoms with van der Waals surface area (Å²) in [4.78, 5) is 29.1. The van der Waals surface area contributed by atoms with Crippen LogP contribution in [-0.4, -0.2) is 85.6 Å². The third kappa shape index (κ3) is 6.82. The fourth-order valence-electron chi connectivity index (χ4n) is 4.75. The van der Waals surface area contributed by atoms with E-state index in [2.05, 4.69) is 25.6 Å². The number of aliphatic imine (C=N–C) groups is 1. The Morgan fingerprint density at radius 2 is 1.79 bits per heavy atom. The molecule has 3 aromatic rings. The Kier molecular flexibility index (Phi) is 11.0. The number of rotatable bonds is 12. The molecule has 0 saturated carbocycles. The Bertz CT molecular complexity index is 1360. The van der Waals surface area contributed by atoms with E-state index in [9.17, 15) is 14.7 Å². The van der Waals surface area contributed by atoms with Gasteiger partial charge >= 0.3 is 35.5 Å². The van der Waals surface area contributed by atoms with Crippen molar-refractivity contribution in [3.8, 4) is 22.5 Å². The summed E-state index contributed by atoms with van der Waals surface area (Å²) in [6.45, 7) is 4.41. The minimum atomic E-state index is -1.40. The number of aromatic nitrogens is 4. The molecule has 0 amide bonds. The summed E-state index contributed by atoms with van der Waals surface area (Å²) in [6.07, 6.45) is 2.25. The van der Waals surface area contributed by atoms with Crippen molar-refractivity contribution >= 4 is 58.9 Å². The number of carbonyl (C=O) groups is 2. The molecule has 2 aromatic carbocycles. The van der Waals surface area contributed by atoms with E-state index < -0.39 is 11.9 Å². The maximum atomic E-state index is 12.3. The molecule has 4 rings (SSSR count). The minimum absolute atomic E-state index is 0. The fourth-order valence-corrected chi connectivity index (χ4v) is 5.09. The number of carbonyl (C=O) groups excluding carboxylic acids is 2. The molecule has 0 saturated heterocycles.